The van der Waals surface area contributed by atoms with E-state index in [4.69, 9.17) is 5.73 Å². The minimum Gasteiger partial charge on any atom is -0.383 e. The maximum atomic E-state index is 6.18. The first kappa shape index (κ1) is 13.6. The fraction of sp³-hybridized carbons (Fsp3) is 0.294. The highest BCUT2D eigenvalue weighted by atomic mass is 15.0. The summed E-state index contributed by atoms with van der Waals surface area (Å²) in [4.78, 5) is 8.63. The molecule has 0 amide bonds. The largest absolute Gasteiger partial charge is 0.383 e. The lowest BCUT2D eigenvalue weighted by Crippen LogP contribution is -2.12. The first-order chi connectivity index (χ1) is 10.1. The number of aromatic nitrogens is 3. The predicted octanol–water partition coefficient (Wildman–Crippen LogP) is 3.20. The highest BCUT2D eigenvalue weighted by Gasteiger charge is 2.13. The molecule has 0 aliphatic rings. The zero-order valence-electron chi connectivity index (χ0n) is 12.5. The van der Waals surface area contributed by atoms with E-state index in [1.54, 1.807) is 0 Å². The molecule has 108 valence electrons. The second-order valence-electron chi connectivity index (χ2n) is 5.69. The van der Waals surface area contributed by atoms with Gasteiger partial charge in [-0.1, -0.05) is 25.1 Å². The number of rotatable bonds is 4. The molecule has 0 saturated carbocycles. The van der Waals surface area contributed by atoms with Crippen LogP contribution < -0.4 is 5.73 Å². The van der Waals surface area contributed by atoms with Crippen molar-refractivity contribution in [2.24, 2.45) is 5.92 Å². The summed E-state index contributed by atoms with van der Waals surface area (Å²) in [6.45, 7) is 5.30. The third kappa shape index (κ3) is 2.75. The molecule has 0 aliphatic carbocycles. The van der Waals surface area contributed by atoms with Gasteiger partial charge in [-0.3, -0.25) is 0 Å². The van der Waals surface area contributed by atoms with E-state index in [9.17, 15) is 0 Å². The van der Waals surface area contributed by atoms with Crippen molar-refractivity contribution < 1.29 is 0 Å². The number of fused-ring (bicyclic) bond motifs is 1. The molecule has 4 nitrogen and oxygen atoms in total. The standard InChI is InChI=1S/C17H20N4/c1-12(10-21-8-7-19-11-21)9-15-13(2)14-5-3-4-6-16(14)20-17(15)18/h3-8,11-12H,9-10H2,1-2H3,(H2,18,20). The summed E-state index contributed by atoms with van der Waals surface area (Å²) in [6.07, 6.45) is 6.58. The topological polar surface area (TPSA) is 56.7 Å². The van der Waals surface area contributed by atoms with Gasteiger partial charge in [0.2, 0.25) is 0 Å². The van der Waals surface area contributed by atoms with Gasteiger partial charge in [-0.25, -0.2) is 9.97 Å². The molecule has 2 heterocycles. The molecule has 0 saturated heterocycles. The van der Waals surface area contributed by atoms with E-state index in [-0.39, 0.29) is 0 Å². The molecule has 1 aromatic carbocycles. The lowest BCUT2D eigenvalue weighted by molar-refractivity contribution is 0.479. The van der Waals surface area contributed by atoms with Gasteiger partial charge < -0.3 is 10.3 Å². The van der Waals surface area contributed by atoms with Gasteiger partial charge in [-0.05, 0) is 36.5 Å². The minimum atomic E-state index is 0.475. The number of nitrogens with two attached hydrogens (primary N) is 1. The van der Waals surface area contributed by atoms with Gasteiger partial charge >= 0.3 is 0 Å². The molecule has 1 atom stereocenters. The van der Waals surface area contributed by atoms with Crippen LogP contribution in [0.2, 0.25) is 0 Å². The maximum Gasteiger partial charge on any atom is 0.127 e. The summed E-state index contributed by atoms with van der Waals surface area (Å²) in [5, 5.41) is 1.19. The highest BCUT2D eigenvalue weighted by molar-refractivity contribution is 5.85. The number of hydrogen-bond donors (Lipinski definition) is 1. The van der Waals surface area contributed by atoms with E-state index in [1.807, 2.05) is 36.9 Å². The van der Waals surface area contributed by atoms with E-state index in [0.29, 0.717) is 11.7 Å². The van der Waals surface area contributed by atoms with Crippen LogP contribution in [0.4, 0.5) is 5.82 Å². The molecule has 3 rings (SSSR count). The average Bonchev–Trinajstić information content (AvgIpc) is 2.96. The SMILES string of the molecule is Cc1c(CC(C)Cn2ccnc2)c(N)nc2ccccc12. The van der Waals surface area contributed by atoms with E-state index in [0.717, 1.165) is 18.5 Å². The Balaban J connectivity index is 1.89. The minimum absolute atomic E-state index is 0.475. The van der Waals surface area contributed by atoms with Crippen LogP contribution in [-0.4, -0.2) is 14.5 Å². The van der Waals surface area contributed by atoms with Crippen molar-refractivity contribution in [2.75, 3.05) is 5.73 Å². The summed E-state index contributed by atoms with van der Waals surface area (Å²) in [5.74, 6) is 1.13. The number of anilines is 1. The number of benzene rings is 1. The Morgan fingerprint density at radius 3 is 2.86 bits per heavy atom. The van der Waals surface area contributed by atoms with Gasteiger partial charge in [0, 0.05) is 24.3 Å². The molecule has 0 fully saturated rings. The van der Waals surface area contributed by atoms with Crippen molar-refractivity contribution in [1.29, 1.82) is 0 Å². The molecule has 2 N–H and O–H groups in total. The molecule has 0 aliphatic heterocycles. The Labute approximate surface area is 124 Å². The first-order valence-electron chi connectivity index (χ1n) is 7.24. The molecular weight excluding hydrogens is 260 g/mol. The number of nitrogen functional groups attached to an aromatic ring is 1. The van der Waals surface area contributed by atoms with Crippen LogP contribution in [0.3, 0.4) is 0 Å². The van der Waals surface area contributed by atoms with E-state index >= 15 is 0 Å². The van der Waals surface area contributed by atoms with Gasteiger partial charge in [0.1, 0.15) is 5.82 Å². The summed E-state index contributed by atoms with van der Waals surface area (Å²) in [5.41, 5.74) is 9.56. The summed E-state index contributed by atoms with van der Waals surface area (Å²) in [6, 6.07) is 8.17. The van der Waals surface area contributed by atoms with Crippen molar-refractivity contribution in [1.82, 2.24) is 14.5 Å². The van der Waals surface area contributed by atoms with E-state index in [1.165, 1.54) is 16.5 Å². The van der Waals surface area contributed by atoms with Crippen LogP contribution in [0, 0.1) is 12.8 Å². The third-order valence-electron chi connectivity index (χ3n) is 3.95. The number of pyridine rings is 1. The van der Waals surface area contributed by atoms with Crippen molar-refractivity contribution in [2.45, 2.75) is 26.8 Å². The monoisotopic (exact) mass is 280 g/mol. The quantitative estimate of drug-likeness (QED) is 0.798. The summed E-state index contributed by atoms with van der Waals surface area (Å²) < 4.78 is 2.10. The van der Waals surface area contributed by atoms with Crippen LogP contribution >= 0.6 is 0 Å². The van der Waals surface area contributed by atoms with Crippen molar-refractivity contribution >= 4 is 16.7 Å². The first-order valence-corrected chi connectivity index (χ1v) is 7.24. The Hall–Kier alpha value is -2.36. The van der Waals surface area contributed by atoms with Crippen LogP contribution in [0.15, 0.2) is 43.0 Å². The second-order valence-corrected chi connectivity index (χ2v) is 5.69. The number of para-hydroxylation sites is 1. The Kier molecular flexibility index (Phi) is 3.60. The third-order valence-corrected chi connectivity index (χ3v) is 3.95. The number of nitrogens with zero attached hydrogens (tertiary/aromatic N) is 3. The molecule has 0 bridgehead atoms. The van der Waals surface area contributed by atoms with Gasteiger partial charge in [-0.2, -0.15) is 0 Å². The maximum absolute atomic E-state index is 6.18. The fourth-order valence-electron chi connectivity index (χ4n) is 2.87. The Morgan fingerprint density at radius 1 is 1.29 bits per heavy atom. The van der Waals surface area contributed by atoms with Crippen molar-refractivity contribution in [3.63, 3.8) is 0 Å². The lowest BCUT2D eigenvalue weighted by Gasteiger charge is -2.17. The van der Waals surface area contributed by atoms with Crippen molar-refractivity contribution in [3.05, 3.63) is 54.1 Å². The highest BCUT2D eigenvalue weighted by Crippen LogP contribution is 2.26. The van der Waals surface area contributed by atoms with Crippen LogP contribution in [0.25, 0.3) is 10.9 Å². The zero-order valence-corrected chi connectivity index (χ0v) is 12.5. The smallest absolute Gasteiger partial charge is 0.127 e. The summed E-state index contributed by atoms with van der Waals surface area (Å²) in [7, 11) is 0. The van der Waals surface area contributed by atoms with Gasteiger partial charge in [0.25, 0.3) is 0 Å². The van der Waals surface area contributed by atoms with Crippen LogP contribution in [0.1, 0.15) is 18.1 Å². The fourth-order valence-corrected chi connectivity index (χ4v) is 2.87. The molecular formula is C17H20N4. The molecule has 1 unspecified atom stereocenters. The molecule has 2 aromatic heterocycles. The number of aryl methyl sites for hydroxylation is 1. The van der Waals surface area contributed by atoms with Gasteiger partial charge in [-0.15, -0.1) is 0 Å². The Morgan fingerprint density at radius 2 is 2.10 bits per heavy atom. The van der Waals surface area contributed by atoms with E-state index < -0.39 is 0 Å². The molecule has 4 heteroatoms. The number of imidazole rings is 1. The Bertz CT molecular complexity index is 747. The normalized spacial score (nSPS) is 12.7. The molecule has 21 heavy (non-hydrogen) atoms. The predicted molar refractivity (Wildman–Crippen MR) is 86.0 cm³/mol. The van der Waals surface area contributed by atoms with Gasteiger partial charge in [0.05, 0.1) is 11.8 Å². The van der Waals surface area contributed by atoms with Crippen LogP contribution in [-0.2, 0) is 13.0 Å². The molecule has 0 radical (unpaired) electrons. The number of hydrogen-bond acceptors (Lipinski definition) is 3. The zero-order chi connectivity index (χ0) is 14.8. The molecule has 3 aromatic rings. The lowest BCUT2D eigenvalue weighted by atomic mass is 9.95. The van der Waals surface area contributed by atoms with Crippen molar-refractivity contribution in [3.8, 4) is 0 Å². The van der Waals surface area contributed by atoms with E-state index in [2.05, 4.69) is 34.4 Å². The summed E-state index contributed by atoms with van der Waals surface area (Å²) >= 11 is 0. The molecule has 0 spiro atoms. The second kappa shape index (κ2) is 5.56. The van der Waals surface area contributed by atoms with Gasteiger partial charge in [0.15, 0.2) is 0 Å². The van der Waals surface area contributed by atoms with Crippen LogP contribution in [0.5, 0.6) is 0 Å². The average molecular weight is 280 g/mol.